The van der Waals surface area contributed by atoms with Crippen LogP contribution in [-0.2, 0) is 27.9 Å². The number of methoxy groups -OCH3 is 2. The van der Waals surface area contributed by atoms with Crippen LogP contribution in [0.25, 0.3) is 11.0 Å². The molecule has 2 aromatic heterocycles. The van der Waals surface area contributed by atoms with Gasteiger partial charge in [-0.3, -0.25) is 8.93 Å². The number of rotatable bonds is 11. The Bertz CT molecular complexity index is 1560. The van der Waals surface area contributed by atoms with Crippen LogP contribution in [-0.4, -0.2) is 65.0 Å². The summed E-state index contributed by atoms with van der Waals surface area (Å²) < 4.78 is 58.5. The Kier molecular flexibility index (Phi) is 7.78. The molecule has 12 nitrogen and oxygen atoms in total. The minimum Gasteiger partial charge on any atom is -0.497 e. The number of nitrogens with zero attached hydrogens (tertiary/aromatic N) is 4. The Morgan fingerprint density at radius 1 is 1.05 bits per heavy atom. The number of anilines is 3. The lowest BCUT2D eigenvalue weighted by atomic mass is 10.2. The number of benzene rings is 2. The van der Waals surface area contributed by atoms with Crippen molar-refractivity contribution in [3.05, 3.63) is 48.9 Å². The summed E-state index contributed by atoms with van der Waals surface area (Å²) in [5.41, 5.74) is 1.39. The fraction of sp³-hybridized carbons (Fsp3) is 0.261. The molecule has 4 rings (SSSR count). The molecule has 0 amide bonds. The standard InChI is InChI=1S/C23H26N6O6S2/c1-29-13-20(24-14-29)37(31,32)28-23-22(25-16-7-5-6-8-17(16)26-23)27-18-11-15(33-2)12-19(34-3)21(18)35-9-10-36(4)30/h5-8,11-14H,9-10H2,1-4H3,(H,25,27)(H,26,28). The molecule has 0 aliphatic carbocycles. The summed E-state index contributed by atoms with van der Waals surface area (Å²) in [5.74, 6) is 1.48. The molecular weight excluding hydrogens is 520 g/mol. The SMILES string of the molecule is COc1cc(Nc2nc3ccccc3nc2NS(=O)(=O)c2cn(C)cn2)c(OCCS(C)=O)c(OC)c1. The van der Waals surface area contributed by atoms with Crippen LogP contribution in [0.5, 0.6) is 17.2 Å². The molecule has 14 heteroatoms. The first kappa shape index (κ1) is 26.2. The Morgan fingerprint density at radius 3 is 2.35 bits per heavy atom. The fourth-order valence-corrected chi connectivity index (χ4v) is 4.65. The van der Waals surface area contributed by atoms with E-state index in [-0.39, 0.29) is 23.3 Å². The topological polar surface area (TPSA) is 147 Å². The second kappa shape index (κ2) is 11.0. The second-order valence-corrected chi connectivity index (χ2v) is 11.0. The smallest absolute Gasteiger partial charge is 0.282 e. The summed E-state index contributed by atoms with van der Waals surface area (Å²) in [7, 11) is -0.491. The monoisotopic (exact) mass is 546 g/mol. The van der Waals surface area contributed by atoms with Crippen LogP contribution >= 0.6 is 0 Å². The van der Waals surface area contributed by atoms with Gasteiger partial charge in [-0.05, 0) is 12.1 Å². The summed E-state index contributed by atoms with van der Waals surface area (Å²) in [6.45, 7) is 0.156. The van der Waals surface area contributed by atoms with Gasteiger partial charge in [0.05, 0.1) is 43.0 Å². The molecule has 0 aliphatic heterocycles. The third-order valence-electron chi connectivity index (χ3n) is 5.11. The molecule has 37 heavy (non-hydrogen) atoms. The van der Waals surface area contributed by atoms with Gasteiger partial charge in [-0.2, -0.15) is 8.42 Å². The largest absolute Gasteiger partial charge is 0.497 e. The highest BCUT2D eigenvalue weighted by atomic mass is 32.2. The zero-order valence-electron chi connectivity index (χ0n) is 20.6. The molecule has 0 fully saturated rings. The van der Waals surface area contributed by atoms with Crippen molar-refractivity contribution in [2.24, 2.45) is 7.05 Å². The molecule has 1 atom stereocenters. The molecule has 0 aliphatic rings. The van der Waals surface area contributed by atoms with Gasteiger partial charge in [-0.25, -0.2) is 15.0 Å². The van der Waals surface area contributed by atoms with Gasteiger partial charge in [-0.1, -0.05) is 12.1 Å². The first-order valence-corrected chi connectivity index (χ1v) is 14.1. The quantitative estimate of drug-likeness (QED) is 0.288. The van der Waals surface area contributed by atoms with E-state index in [0.29, 0.717) is 39.7 Å². The minimum absolute atomic E-state index is 0.0493. The van der Waals surface area contributed by atoms with E-state index in [2.05, 4.69) is 25.0 Å². The van der Waals surface area contributed by atoms with E-state index in [1.807, 2.05) is 0 Å². The maximum Gasteiger partial charge on any atom is 0.282 e. The van der Waals surface area contributed by atoms with Crippen molar-refractivity contribution in [1.29, 1.82) is 0 Å². The van der Waals surface area contributed by atoms with Gasteiger partial charge in [-0.15, -0.1) is 0 Å². The molecule has 1 unspecified atom stereocenters. The van der Waals surface area contributed by atoms with Crippen LogP contribution in [0, 0.1) is 0 Å². The van der Waals surface area contributed by atoms with Gasteiger partial charge < -0.3 is 24.1 Å². The van der Waals surface area contributed by atoms with E-state index in [1.165, 1.54) is 31.3 Å². The van der Waals surface area contributed by atoms with Crippen LogP contribution in [0.2, 0.25) is 0 Å². The van der Waals surface area contributed by atoms with Crippen LogP contribution in [0.3, 0.4) is 0 Å². The predicted octanol–water partition coefficient (Wildman–Crippen LogP) is 2.68. The third kappa shape index (κ3) is 6.09. The molecule has 0 radical (unpaired) electrons. The lowest BCUT2D eigenvalue weighted by molar-refractivity contribution is 0.312. The Hall–Kier alpha value is -3.91. The minimum atomic E-state index is -4.07. The zero-order valence-corrected chi connectivity index (χ0v) is 22.2. The van der Waals surface area contributed by atoms with E-state index in [0.717, 1.165) is 0 Å². The van der Waals surface area contributed by atoms with Crippen molar-refractivity contribution >= 4 is 49.2 Å². The molecular formula is C23H26N6O6S2. The van der Waals surface area contributed by atoms with E-state index < -0.39 is 20.8 Å². The summed E-state index contributed by atoms with van der Waals surface area (Å²) in [4.78, 5) is 13.0. The molecule has 2 N–H and O–H groups in total. The van der Waals surface area contributed by atoms with Gasteiger partial charge in [0, 0.05) is 42.4 Å². The number of fused-ring (bicyclic) bond motifs is 1. The number of aromatic nitrogens is 4. The molecule has 2 aromatic carbocycles. The van der Waals surface area contributed by atoms with Gasteiger partial charge >= 0.3 is 0 Å². The summed E-state index contributed by atoms with van der Waals surface area (Å²) in [5, 5.41) is 2.94. The van der Waals surface area contributed by atoms with Crippen LogP contribution < -0.4 is 24.2 Å². The average Bonchev–Trinajstić information content (AvgIpc) is 3.32. The number of ether oxygens (including phenoxy) is 3. The average molecular weight is 547 g/mol. The highest BCUT2D eigenvalue weighted by molar-refractivity contribution is 7.92. The van der Waals surface area contributed by atoms with Crippen molar-refractivity contribution in [3.63, 3.8) is 0 Å². The van der Waals surface area contributed by atoms with Gasteiger partial charge in [0.1, 0.15) is 12.4 Å². The fourth-order valence-electron chi connectivity index (χ4n) is 3.34. The van der Waals surface area contributed by atoms with E-state index in [9.17, 15) is 12.6 Å². The zero-order chi connectivity index (χ0) is 26.6. The number of hydrogen-bond donors (Lipinski definition) is 2. The van der Waals surface area contributed by atoms with Gasteiger partial charge in [0.2, 0.25) is 0 Å². The van der Waals surface area contributed by atoms with Crippen molar-refractivity contribution in [1.82, 2.24) is 19.5 Å². The lowest BCUT2D eigenvalue weighted by Gasteiger charge is -2.19. The van der Waals surface area contributed by atoms with Crippen LogP contribution in [0.4, 0.5) is 17.3 Å². The van der Waals surface area contributed by atoms with E-state index >= 15 is 0 Å². The Morgan fingerprint density at radius 2 is 1.76 bits per heavy atom. The first-order valence-electron chi connectivity index (χ1n) is 10.9. The summed E-state index contributed by atoms with van der Waals surface area (Å²) in [6, 6.07) is 10.3. The molecule has 0 bridgehead atoms. The third-order valence-corrected chi connectivity index (χ3v) is 7.08. The summed E-state index contributed by atoms with van der Waals surface area (Å²) in [6.07, 6.45) is 4.34. The first-order chi connectivity index (χ1) is 17.7. The van der Waals surface area contributed by atoms with Crippen LogP contribution in [0.1, 0.15) is 0 Å². The van der Waals surface area contributed by atoms with Crippen LogP contribution in [0.15, 0.2) is 53.9 Å². The molecule has 2 heterocycles. The van der Waals surface area contributed by atoms with E-state index in [1.54, 1.807) is 49.7 Å². The number of nitrogens with one attached hydrogen (secondary N) is 2. The molecule has 196 valence electrons. The Labute approximate surface area is 216 Å². The number of imidazole rings is 1. The van der Waals surface area contributed by atoms with Crippen molar-refractivity contribution in [2.75, 3.05) is 42.9 Å². The number of aryl methyl sites for hydroxylation is 1. The molecule has 0 saturated heterocycles. The highest BCUT2D eigenvalue weighted by Crippen LogP contribution is 2.41. The maximum absolute atomic E-state index is 13.1. The number of sulfonamides is 1. The van der Waals surface area contributed by atoms with E-state index in [4.69, 9.17) is 14.2 Å². The van der Waals surface area contributed by atoms with Crippen molar-refractivity contribution in [3.8, 4) is 17.2 Å². The second-order valence-electron chi connectivity index (χ2n) is 7.85. The Balaban J connectivity index is 1.81. The van der Waals surface area contributed by atoms with Gasteiger partial charge in [0.15, 0.2) is 28.2 Å². The normalized spacial score (nSPS) is 12.2. The number of hydrogen-bond acceptors (Lipinski definition) is 10. The predicted molar refractivity (Wildman–Crippen MR) is 141 cm³/mol. The molecule has 4 aromatic rings. The summed E-state index contributed by atoms with van der Waals surface area (Å²) >= 11 is 0. The molecule has 0 spiro atoms. The lowest BCUT2D eigenvalue weighted by Crippen LogP contribution is -2.16. The molecule has 0 saturated carbocycles. The van der Waals surface area contributed by atoms with Crippen molar-refractivity contribution < 1.29 is 26.8 Å². The van der Waals surface area contributed by atoms with Crippen molar-refractivity contribution in [2.45, 2.75) is 5.03 Å². The van der Waals surface area contributed by atoms with Gasteiger partial charge in [0.25, 0.3) is 10.0 Å². The number of para-hydroxylation sites is 2. The maximum atomic E-state index is 13.1. The highest BCUT2D eigenvalue weighted by Gasteiger charge is 2.23.